The van der Waals surface area contributed by atoms with Crippen LogP contribution in [-0.2, 0) is 0 Å². The van der Waals surface area contributed by atoms with Crippen molar-refractivity contribution in [1.82, 2.24) is 15.5 Å². The number of aliphatic hydroxyl groups is 1. The largest absolute Gasteiger partial charge is 0.396 e. The number of guanidine groups is 1. The number of halogens is 2. The second-order valence-electron chi connectivity index (χ2n) is 7.64. The van der Waals surface area contributed by atoms with Gasteiger partial charge in [0, 0.05) is 26.2 Å². The summed E-state index contributed by atoms with van der Waals surface area (Å²) in [7, 11) is 3.97. The predicted molar refractivity (Wildman–Crippen MR) is 127 cm³/mol. The van der Waals surface area contributed by atoms with Crippen LogP contribution in [0, 0.1) is 17.7 Å². The average Bonchev–Trinajstić information content (AvgIpc) is 2.59. The number of nitrogens with zero attached hydrogens (tertiary/aromatic N) is 2. The van der Waals surface area contributed by atoms with Crippen LogP contribution in [0.1, 0.15) is 45.2 Å². The summed E-state index contributed by atoms with van der Waals surface area (Å²) in [6.07, 6.45) is 1.82. The molecule has 0 fully saturated rings. The smallest absolute Gasteiger partial charge is 0.191 e. The highest BCUT2D eigenvalue weighted by Crippen LogP contribution is 2.18. The molecule has 2 atom stereocenters. The van der Waals surface area contributed by atoms with Crippen molar-refractivity contribution in [2.75, 3.05) is 40.3 Å². The van der Waals surface area contributed by atoms with E-state index in [1.807, 2.05) is 27.1 Å². The zero-order valence-corrected chi connectivity index (χ0v) is 20.2. The van der Waals surface area contributed by atoms with Gasteiger partial charge < -0.3 is 20.6 Å². The molecule has 7 heteroatoms. The van der Waals surface area contributed by atoms with Crippen LogP contribution in [0.5, 0.6) is 0 Å². The molecule has 1 rings (SSSR count). The van der Waals surface area contributed by atoms with Gasteiger partial charge >= 0.3 is 0 Å². The maximum Gasteiger partial charge on any atom is 0.191 e. The standard InChI is InChI=1S/C21H37FN4O.HI/c1-6-23-21(24-14-17(10-11-27)12-16(2)3)25-15-20(26(4)5)18-8-7-9-19(22)13-18;/h7-9,13,16-17,20,27H,6,10-12,14-15H2,1-5H3,(H2,23,24,25);1H. The van der Waals surface area contributed by atoms with Gasteiger partial charge in [0.1, 0.15) is 5.82 Å². The average molecular weight is 508 g/mol. The zero-order chi connectivity index (χ0) is 20.2. The highest BCUT2D eigenvalue weighted by molar-refractivity contribution is 14.0. The number of nitrogens with one attached hydrogen (secondary N) is 2. The minimum Gasteiger partial charge on any atom is -0.396 e. The number of likely N-dealkylation sites (N-methyl/N-ethyl adjacent to an activating group) is 1. The summed E-state index contributed by atoms with van der Waals surface area (Å²) < 4.78 is 13.6. The van der Waals surface area contributed by atoms with Gasteiger partial charge in [0.05, 0.1) is 6.04 Å². The zero-order valence-electron chi connectivity index (χ0n) is 17.9. The van der Waals surface area contributed by atoms with Gasteiger partial charge in [-0.05, 0) is 63.4 Å². The molecule has 5 nitrogen and oxygen atoms in total. The summed E-state index contributed by atoms with van der Waals surface area (Å²) in [4.78, 5) is 6.79. The third-order valence-corrected chi connectivity index (χ3v) is 4.51. The third-order valence-electron chi connectivity index (χ3n) is 4.51. The van der Waals surface area contributed by atoms with E-state index in [4.69, 9.17) is 4.99 Å². The van der Waals surface area contributed by atoms with Crippen LogP contribution in [-0.4, -0.2) is 56.3 Å². The maximum absolute atomic E-state index is 13.6. The van der Waals surface area contributed by atoms with E-state index < -0.39 is 0 Å². The molecule has 162 valence electrons. The van der Waals surface area contributed by atoms with Crippen molar-refractivity contribution in [2.24, 2.45) is 16.8 Å². The fraction of sp³-hybridized carbons (Fsp3) is 0.667. The van der Waals surface area contributed by atoms with Gasteiger partial charge in [-0.3, -0.25) is 4.99 Å². The molecule has 0 radical (unpaired) electrons. The van der Waals surface area contributed by atoms with Crippen molar-refractivity contribution in [1.29, 1.82) is 0 Å². The summed E-state index contributed by atoms with van der Waals surface area (Å²) in [5, 5.41) is 15.9. The van der Waals surface area contributed by atoms with Crippen LogP contribution < -0.4 is 10.6 Å². The Bertz CT molecular complexity index is 569. The van der Waals surface area contributed by atoms with Gasteiger partial charge in [0.15, 0.2) is 5.96 Å². The Morgan fingerprint density at radius 1 is 1.25 bits per heavy atom. The van der Waals surface area contributed by atoms with E-state index in [-0.39, 0.29) is 42.4 Å². The molecule has 0 aromatic heterocycles. The van der Waals surface area contributed by atoms with Crippen LogP contribution >= 0.6 is 24.0 Å². The lowest BCUT2D eigenvalue weighted by Gasteiger charge is -2.26. The number of hydrogen-bond donors (Lipinski definition) is 3. The van der Waals surface area contributed by atoms with Crippen LogP contribution in [0.15, 0.2) is 29.3 Å². The van der Waals surface area contributed by atoms with E-state index in [1.54, 1.807) is 12.1 Å². The first kappa shape index (κ1) is 27.1. The lowest BCUT2D eigenvalue weighted by Crippen LogP contribution is -2.42. The Morgan fingerprint density at radius 3 is 2.50 bits per heavy atom. The van der Waals surface area contributed by atoms with Gasteiger partial charge in [-0.25, -0.2) is 4.39 Å². The van der Waals surface area contributed by atoms with E-state index >= 15 is 0 Å². The summed E-state index contributed by atoms with van der Waals surface area (Å²) in [6, 6.07) is 6.76. The van der Waals surface area contributed by atoms with E-state index in [1.165, 1.54) is 6.07 Å². The lowest BCUT2D eigenvalue weighted by atomic mass is 9.94. The van der Waals surface area contributed by atoms with Crippen molar-refractivity contribution in [3.63, 3.8) is 0 Å². The summed E-state index contributed by atoms with van der Waals surface area (Å²) in [5.41, 5.74) is 0.932. The molecule has 0 aliphatic carbocycles. The number of rotatable bonds is 11. The molecule has 0 bridgehead atoms. The topological polar surface area (TPSA) is 59.9 Å². The van der Waals surface area contributed by atoms with Gasteiger partial charge in [-0.2, -0.15) is 0 Å². The second kappa shape index (κ2) is 15.0. The Hall–Kier alpha value is -0.930. The quantitative estimate of drug-likeness (QED) is 0.243. The Kier molecular flexibility index (Phi) is 14.5. The highest BCUT2D eigenvalue weighted by Gasteiger charge is 2.16. The Labute approximate surface area is 187 Å². The van der Waals surface area contributed by atoms with Crippen LogP contribution in [0.25, 0.3) is 0 Å². The fourth-order valence-corrected chi connectivity index (χ4v) is 3.20. The van der Waals surface area contributed by atoms with Crippen LogP contribution in [0.3, 0.4) is 0 Å². The predicted octanol–water partition coefficient (Wildman–Crippen LogP) is 3.65. The summed E-state index contributed by atoms with van der Waals surface area (Å²) in [5.74, 6) is 1.49. The van der Waals surface area contributed by atoms with Gasteiger partial charge in [-0.15, -0.1) is 24.0 Å². The third kappa shape index (κ3) is 10.6. The Morgan fingerprint density at radius 2 is 1.96 bits per heavy atom. The molecule has 0 aliphatic heterocycles. The van der Waals surface area contributed by atoms with Crippen LogP contribution in [0.2, 0.25) is 0 Å². The van der Waals surface area contributed by atoms with Crippen molar-refractivity contribution in [3.05, 3.63) is 35.6 Å². The van der Waals surface area contributed by atoms with Crippen molar-refractivity contribution >= 4 is 29.9 Å². The monoisotopic (exact) mass is 508 g/mol. The molecule has 1 aromatic carbocycles. The number of aliphatic imine (C=N–C) groups is 1. The maximum atomic E-state index is 13.6. The minimum atomic E-state index is -0.222. The Balaban J connectivity index is 0.00000729. The highest BCUT2D eigenvalue weighted by atomic mass is 127. The lowest BCUT2D eigenvalue weighted by molar-refractivity contribution is 0.245. The SMILES string of the molecule is CCNC(=NCC(CCO)CC(C)C)NCC(c1cccc(F)c1)N(C)C.I. The molecule has 0 saturated heterocycles. The molecule has 3 N–H and O–H groups in total. The first-order valence-electron chi connectivity index (χ1n) is 9.92. The first-order chi connectivity index (χ1) is 12.9. The van der Waals surface area contributed by atoms with E-state index in [2.05, 4.69) is 29.4 Å². The summed E-state index contributed by atoms with van der Waals surface area (Å²) >= 11 is 0. The molecule has 0 amide bonds. The molecule has 0 aliphatic rings. The molecular weight excluding hydrogens is 470 g/mol. The van der Waals surface area contributed by atoms with E-state index in [9.17, 15) is 9.50 Å². The van der Waals surface area contributed by atoms with E-state index in [0.717, 1.165) is 30.9 Å². The van der Waals surface area contributed by atoms with Crippen molar-refractivity contribution < 1.29 is 9.50 Å². The number of hydrogen-bond acceptors (Lipinski definition) is 3. The first-order valence-corrected chi connectivity index (χ1v) is 9.92. The molecule has 2 unspecified atom stereocenters. The second-order valence-corrected chi connectivity index (χ2v) is 7.64. The van der Waals surface area contributed by atoms with Crippen molar-refractivity contribution in [3.8, 4) is 0 Å². The molecule has 0 spiro atoms. The molecule has 0 saturated carbocycles. The molecule has 0 heterocycles. The molecule has 1 aromatic rings. The molecular formula is C21H38FIN4O. The molecule has 28 heavy (non-hydrogen) atoms. The number of aliphatic hydroxyl groups excluding tert-OH is 1. The van der Waals surface area contributed by atoms with E-state index in [0.29, 0.717) is 24.9 Å². The normalized spacial score (nSPS) is 14.0. The van der Waals surface area contributed by atoms with Gasteiger partial charge in [-0.1, -0.05) is 26.0 Å². The van der Waals surface area contributed by atoms with Gasteiger partial charge in [0.2, 0.25) is 0 Å². The van der Waals surface area contributed by atoms with Crippen molar-refractivity contribution in [2.45, 2.75) is 39.7 Å². The van der Waals surface area contributed by atoms with Gasteiger partial charge in [0.25, 0.3) is 0 Å². The van der Waals surface area contributed by atoms with Crippen LogP contribution in [0.4, 0.5) is 4.39 Å². The fourth-order valence-electron chi connectivity index (χ4n) is 3.20. The minimum absolute atomic E-state index is 0. The summed E-state index contributed by atoms with van der Waals surface area (Å²) in [6.45, 7) is 8.69. The number of benzene rings is 1.